The van der Waals surface area contributed by atoms with E-state index in [2.05, 4.69) is 13.8 Å². The third kappa shape index (κ3) is 1.63. The van der Waals surface area contributed by atoms with E-state index in [-0.39, 0.29) is 35.2 Å². The van der Waals surface area contributed by atoms with E-state index < -0.39 is 5.60 Å². The van der Waals surface area contributed by atoms with Gasteiger partial charge in [0.2, 0.25) is 0 Å². The standard InChI is InChI=1S/C24H36O4/c1-21-6-3-12(26)11-23(21,27)16-9-13(16)19-15(21)4-7-22(2)20(19)14-10-17(14)24(22)18(28-24)5-8-25/h12-20,25-27H,3-11H2,1-2H3/t12-,13-,14+,15?,16+,17-,18+,19?,20?,21+,22-,23+,24+/m0/s1. The largest absolute Gasteiger partial charge is 0.396 e. The molecule has 6 aliphatic carbocycles. The molecule has 7 fully saturated rings. The summed E-state index contributed by atoms with van der Waals surface area (Å²) in [5.41, 5.74) is -0.323. The fourth-order valence-corrected chi connectivity index (χ4v) is 10.6. The lowest BCUT2D eigenvalue weighted by Crippen LogP contribution is -2.65. The molecule has 7 rings (SSSR count). The molecule has 7 aliphatic rings. The Morgan fingerprint density at radius 3 is 2.50 bits per heavy atom. The van der Waals surface area contributed by atoms with Crippen molar-refractivity contribution in [2.45, 2.75) is 88.6 Å². The Hall–Kier alpha value is -0.160. The van der Waals surface area contributed by atoms with E-state index in [9.17, 15) is 15.3 Å². The Kier molecular flexibility index (Phi) is 3.03. The summed E-state index contributed by atoms with van der Waals surface area (Å²) in [6.45, 7) is 5.16. The van der Waals surface area contributed by atoms with Gasteiger partial charge in [0.05, 0.1) is 17.8 Å². The van der Waals surface area contributed by atoms with Crippen LogP contribution >= 0.6 is 0 Å². The van der Waals surface area contributed by atoms with E-state index >= 15 is 0 Å². The van der Waals surface area contributed by atoms with Crippen molar-refractivity contribution < 1.29 is 20.1 Å². The van der Waals surface area contributed by atoms with Crippen LogP contribution in [-0.4, -0.2) is 45.3 Å². The molecule has 4 nitrogen and oxygen atoms in total. The van der Waals surface area contributed by atoms with Crippen LogP contribution in [0.25, 0.3) is 0 Å². The molecule has 6 saturated carbocycles. The normalized spacial score (nSPS) is 70.4. The van der Waals surface area contributed by atoms with Gasteiger partial charge >= 0.3 is 0 Å². The molecular weight excluding hydrogens is 352 g/mol. The van der Waals surface area contributed by atoms with Crippen molar-refractivity contribution in [2.75, 3.05) is 6.61 Å². The maximum atomic E-state index is 11.9. The van der Waals surface area contributed by atoms with Gasteiger partial charge in [-0.1, -0.05) is 13.8 Å². The maximum absolute atomic E-state index is 11.9. The second-order valence-electron chi connectivity index (χ2n) is 12.3. The topological polar surface area (TPSA) is 73.2 Å². The van der Waals surface area contributed by atoms with Gasteiger partial charge in [0.25, 0.3) is 0 Å². The van der Waals surface area contributed by atoms with Crippen LogP contribution < -0.4 is 0 Å². The van der Waals surface area contributed by atoms with Crippen molar-refractivity contribution in [1.29, 1.82) is 0 Å². The minimum absolute atomic E-state index is 0.0229. The second-order valence-corrected chi connectivity index (χ2v) is 12.3. The van der Waals surface area contributed by atoms with Crippen molar-refractivity contribution in [3.63, 3.8) is 0 Å². The third-order valence-corrected chi connectivity index (χ3v) is 11.8. The summed E-state index contributed by atoms with van der Waals surface area (Å²) in [5, 5.41) is 31.7. The van der Waals surface area contributed by atoms with E-state index in [0.717, 1.165) is 42.9 Å². The molecule has 1 aliphatic heterocycles. The van der Waals surface area contributed by atoms with Crippen molar-refractivity contribution in [1.82, 2.24) is 0 Å². The molecule has 4 heteroatoms. The highest BCUT2D eigenvalue weighted by Gasteiger charge is 2.87. The fourth-order valence-electron chi connectivity index (χ4n) is 10.6. The summed E-state index contributed by atoms with van der Waals surface area (Å²) in [6, 6.07) is 0. The minimum Gasteiger partial charge on any atom is -0.396 e. The second kappa shape index (κ2) is 4.84. The predicted molar refractivity (Wildman–Crippen MR) is 103 cm³/mol. The van der Waals surface area contributed by atoms with E-state index in [4.69, 9.17) is 4.74 Å². The minimum atomic E-state index is -0.640. The van der Waals surface area contributed by atoms with Gasteiger partial charge in [-0.05, 0) is 91.8 Å². The number of ether oxygens (including phenoxy) is 1. The molecule has 28 heavy (non-hydrogen) atoms. The van der Waals surface area contributed by atoms with Crippen LogP contribution in [0.4, 0.5) is 0 Å². The fraction of sp³-hybridized carbons (Fsp3) is 1.00. The number of hydrogen-bond acceptors (Lipinski definition) is 4. The smallest absolute Gasteiger partial charge is 0.104 e. The van der Waals surface area contributed by atoms with Crippen LogP contribution in [0.5, 0.6) is 0 Å². The molecule has 156 valence electrons. The van der Waals surface area contributed by atoms with Gasteiger partial charge in [-0.2, -0.15) is 0 Å². The number of hydrogen-bond donors (Lipinski definition) is 3. The number of fused-ring (bicyclic) bond motifs is 12. The van der Waals surface area contributed by atoms with Gasteiger partial charge in [0.15, 0.2) is 0 Å². The number of rotatable bonds is 2. The summed E-state index contributed by atoms with van der Waals surface area (Å²) in [7, 11) is 0. The highest BCUT2D eigenvalue weighted by molar-refractivity contribution is 5.34. The van der Waals surface area contributed by atoms with Crippen LogP contribution in [0.3, 0.4) is 0 Å². The molecule has 0 aromatic carbocycles. The summed E-state index contributed by atoms with van der Waals surface area (Å²) in [5.74, 6) is 4.75. The summed E-state index contributed by atoms with van der Waals surface area (Å²) < 4.78 is 6.48. The first-order chi connectivity index (χ1) is 13.3. The zero-order valence-corrected chi connectivity index (χ0v) is 17.3. The molecule has 3 N–H and O–H groups in total. The Balaban J connectivity index is 1.28. The van der Waals surface area contributed by atoms with Crippen LogP contribution in [0, 0.1) is 52.3 Å². The first kappa shape index (κ1) is 17.5. The zero-order valence-electron chi connectivity index (χ0n) is 17.3. The van der Waals surface area contributed by atoms with Crippen LogP contribution in [0.15, 0.2) is 0 Å². The molecule has 1 spiro atoms. The average Bonchev–Trinajstić information content (AvgIpc) is 3.50. The van der Waals surface area contributed by atoms with E-state index in [1.54, 1.807) is 0 Å². The molecular formula is C24H36O4. The molecule has 0 aromatic heterocycles. The lowest BCUT2D eigenvalue weighted by atomic mass is 9.42. The van der Waals surface area contributed by atoms with Gasteiger partial charge in [-0.25, -0.2) is 0 Å². The molecule has 3 unspecified atom stereocenters. The highest BCUT2D eigenvalue weighted by atomic mass is 16.6. The Bertz CT molecular complexity index is 740. The van der Waals surface area contributed by atoms with Crippen LogP contribution in [0.2, 0.25) is 0 Å². The van der Waals surface area contributed by atoms with Gasteiger partial charge in [0.1, 0.15) is 5.60 Å². The molecule has 0 amide bonds. The molecule has 1 saturated heterocycles. The average molecular weight is 389 g/mol. The van der Waals surface area contributed by atoms with Crippen molar-refractivity contribution in [3.8, 4) is 0 Å². The van der Waals surface area contributed by atoms with Gasteiger partial charge < -0.3 is 20.1 Å². The molecule has 0 aromatic rings. The lowest BCUT2D eigenvalue weighted by molar-refractivity contribution is -0.228. The third-order valence-electron chi connectivity index (χ3n) is 11.8. The maximum Gasteiger partial charge on any atom is 0.104 e. The number of epoxide rings is 1. The van der Waals surface area contributed by atoms with E-state index in [0.29, 0.717) is 24.2 Å². The van der Waals surface area contributed by atoms with Crippen LogP contribution in [-0.2, 0) is 4.74 Å². The van der Waals surface area contributed by atoms with Gasteiger partial charge in [0, 0.05) is 18.4 Å². The first-order valence-corrected chi connectivity index (χ1v) is 12.0. The van der Waals surface area contributed by atoms with Crippen LogP contribution in [0.1, 0.15) is 65.2 Å². The Morgan fingerprint density at radius 1 is 0.964 bits per heavy atom. The van der Waals surface area contributed by atoms with E-state index in [1.165, 1.54) is 25.7 Å². The molecule has 0 bridgehead atoms. The van der Waals surface area contributed by atoms with Gasteiger partial charge in [-0.15, -0.1) is 0 Å². The van der Waals surface area contributed by atoms with Crippen molar-refractivity contribution >= 4 is 0 Å². The zero-order chi connectivity index (χ0) is 19.3. The first-order valence-electron chi connectivity index (χ1n) is 12.0. The molecule has 0 radical (unpaired) electrons. The molecule has 13 atom stereocenters. The SMILES string of the molecule is C[C@]12CCC3C(C1[C@@H]1C[C@@H]1[C@]21O[C@@H]1CCO)[C@H]1C[C@H]1[C@]1(O)C[C@@H](O)CC[C@]31C. The Labute approximate surface area is 168 Å². The highest BCUT2D eigenvalue weighted by Crippen LogP contribution is 2.85. The number of aliphatic hydroxyl groups excluding tert-OH is 2. The Morgan fingerprint density at radius 2 is 1.71 bits per heavy atom. The van der Waals surface area contributed by atoms with Gasteiger partial charge in [-0.3, -0.25) is 0 Å². The quantitative estimate of drug-likeness (QED) is 0.636. The van der Waals surface area contributed by atoms with E-state index in [1.807, 2.05) is 0 Å². The van der Waals surface area contributed by atoms with Crippen molar-refractivity contribution in [3.05, 3.63) is 0 Å². The summed E-state index contributed by atoms with van der Waals surface area (Å²) in [4.78, 5) is 0. The predicted octanol–water partition coefficient (Wildman–Crippen LogP) is 2.74. The lowest BCUT2D eigenvalue weighted by Gasteiger charge is -2.64. The molecule has 1 heterocycles. The van der Waals surface area contributed by atoms with Crippen molar-refractivity contribution in [2.24, 2.45) is 52.3 Å². The summed E-state index contributed by atoms with van der Waals surface area (Å²) in [6.07, 6.45) is 8.18. The summed E-state index contributed by atoms with van der Waals surface area (Å²) >= 11 is 0. The number of aliphatic hydroxyl groups is 3. The monoisotopic (exact) mass is 388 g/mol.